The highest BCUT2D eigenvalue weighted by Crippen LogP contribution is 2.05. The van der Waals surface area contributed by atoms with Crippen LogP contribution in [0.5, 0.6) is 0 Å². The number of rotatable bonds is 4. The Bertz CT molecular complexity index is 220. The number of nitrogens with zero attached hydrogens (tertiary/aromatic N) is 2. The summed E-state index contributed by atoms with van der Waals surface area (Å²) in [6, 6.07) is 0.965. The molecule has 0 aliphatic carbocycles. The Kier molecular flexibility index (Phi) is 5.22. The maximum atomic E-state index is 11.8. The van der Waals surface area contributed by atoms with Crippen LogP contribution in [0.25, 0.3) is 0 Å². The highest BCUT2D eigenvalue weighted by atomic mass is 16.2. The lowest BCUT2D eigenvalue weighted by molar-refractivity contribution is -0.132. The molecule has 0 aromatic heterocycles. The average Bonchev–Trinajstić information content (AvgIpc) is 2.26. The number of hydrogen-bond acceptors (Lipinski definition) is 3. The molecule has 16 heavy (non-hydrogen) atoms. The second-order valence-electron chi connectivity index (χ2n) is 5.05. The first kappa shape index (κ1) is 13.5. The molecule has 0 aromatic rings. The number of carbonyl (C=O) groups is 1. The number of hydrogen-bond donors (Lipinski definition) is 1. The molecule has 1 aliphatic heterocycles. The van der Waals surface area contributed by atoms with Crippen LogP contribution in [-0.4, -0.2) is 60.5 Å². The summed E-state index contributed by atoms with van der Waals surface area (Å²) >= 11 is 0. The van der Waals surface area contributed by atoms with Gasteiger partial charge in [0.1, 0.15) is 0 Å². The van der Waals surface area contributed by atoms with Crippen molar-refractivity contribution in [2.45, 2.75) is 39.8 Å². The molecule has 0 aromatic carbocycles. The zero-order valence-corrected chi connectivity index (χ0v) is 11.0. The average molecular weight is 227 g/mol. The fourth-order valence-corrected chi connectivity index (χ4v) is 1.89. The minimum atomic E-state index is 0.233. The second-order valence-corrected chi connectivity index (χ2v) is 5.05. The van der Waals surface area contributed by atoms with Crippen LogP contribution in [-0.2, 0) is 4.79 Å². The molecule has 4 heteroatoms. The van der Waals surface area contributed by atoms with E-state index in [1.807, 2.05) is 4.90 Å². The van der Waals surface area contributed by atoms with Crippen LogP contribution in [0.4, 0.5) is 0 Å². The summed E-state index contributed by atoms with van der Waals surface area (Å²) in [5.41, 5.74) is 0. The molecule has 1 fully saturated rings. The second kappa shape index (κ2) is 6.21. The molecule has 4 nitrogen and oxygen atoms in total. The maximum Gasteiger partial charge on any atom is 0.236 e. The van der Waals surface area contributed by atoms with Gasteiger partial charge in [-0.1, -0.05) is 13.8 Å². The van der Waals surface area contributed by atoms with E-state index >= 15 is 0 Å². The third kappa shape index (κ3) is 4.10. The van der Waals surface area contributed by atoms with Crippen molar-refractivity contribution in [2.24, 2.45) is 0 Å². The van der Waals surface area contributed by atoms with Gasteiger partial charge in [-0.05, 0) is 13.8 Å². The Balaban J connectivity index is 2.27. The molecule has 1 rings (SSSR count). The lowest BCUT2D eigenvalue weighted by atomic mass is 10.2. The molecule has 0 spiro atoms. The van der Waals surface area contributed by atoms with Crippen LogP contribution in [0.2, 0.25) is 0 Å². The van der Waals surface area contributed by atoms with E-state index in [9.17, 15) is 4.79 Å². The van der Waals surface area contributed by atoms with E-state index in [-0.39, 0.29) is 5.91 Å². The molecular weight excluding hydrogens is 202 g/mol. The Labute approximate surface area is 99.0 Å². The molecule has 0 saturated carbocycles. The fraction of sp³-hybridized carbons (Fsp3) is 0.917. The van der Waals surface area contributed by atoms with Gasteiger partial charge >= 0.3 is 0 Å². The van der Waals surface area contributed by atoms with Gasteiger partial charge < -0.3 is 10.2 Å². The molecular formula is C12H25N3O. The normalized spacial score (nSPS) is 18.5. The molecule has 1 heterocycles. The highest BCUT2D eigenvalue weighted by Gasteiger charge is 2.21. The SMILES string of the molecule is CC(C)NCC(=O)N1CCN(C(C)C)CC1. The topological polar surface area (TPSA) is 35.6 Å². The Morgan fingerprint density at radius 3 is 2.12 bits per heavy atom. The van der Waals surface area contributed by atoms with Gasteiger partial charge in [-0.15, -0.1) is 0 Å². The standard InChI is InChI=1S/C12H25N3O/c1-10(2)13-9-12(16)15-7-5-14(6-8-15)11(3)4/h10-11,13H,5-9H2,1-4H3. The van der Waals surface area contributed by atoms with Crippen molar-refractivity contribution < 1.29 is 4.79 Å². The minimum absolute atomic E-state index is 0.233. The van der Waals surface area contributed by atoms with E-state index in [1.165, 1.54) is 0 Å². The number of nitrogens with one attached hydrogen (secondary N) is 1. The summed E-state index contributed by atoms with van der Waals surface area (Å²) in [6.07, 6.45) is 0. The van der Waals surface area contributed by atoms with Gasteiger partial charge in [0.05, 0.1) is 6.54 Å². The first-order valence-electron chi connectivity index (χ1n) is 6.26. The summed E-state index contributed by atoms with van der Waals surface area (Å²) < 4.78 is 0. The number of piperazine rings is 1. The van der Waals surface area contributed by atoms with E-state index < -0.39 is 0 Å². The zero-order valence-electron chi connectivity index (χ0n) is 11.0. The molecule has 0 atom stereocenters. The smallest absolute Gasteiger partial charge is 0.236 e. The van der Waals surface area contributed by atoms with E-state index in [0.29, 0.717) is 18.6 Å². The first-order valence-corrected chi connectivity index (χ1v) is 6.26. The quantitative estimate of drug-likeness (QED) is 0.761. The summed E-state index contributed by atoms with van der Waals surface area (Å²) in [6.45, 7) is 12.8. The zero-order chi connectivity index (χ0) is 12.1. The van der Waals surface area contributed by atoms with Gasteiger partial charge in [0.15, 0.2) is 0 Å². The van der Waals surface area contributed by atoms with Crippen LogP contribution in [0, 0.1) is 0 Å². The molecule has 0 radical (unpaired) electrons. The molecule has 1 amide bonds. The molecule has 94 valence electrons. The summed E-state index contributed by atoms with van der Waals surface area (Å²) in [7, 11) is 0. The largest absolute Gasteiger partial charge is 0.339 e. The maximum absolute atomic E-state index is 11.8. The van der Waals surface area contributed by atoms with Crippen molar-refractivity contribution >= 4 is 5.91 Å². The minimum Gasteiger partial charge on any atom is -0.339 e. The van der Waals surface area contributed by atoms with Gasteiger partial charge in [-0.2, -0.15) is 0 Å². The van der Waals surface area contributed by atoms with Gasteiger partial charge in [0, 0.05) is 38.3 Å². The fourth-order valence-electron chi connectivity index (χ4n) is 1.89. The van der Waals surface area contributed by atoms with Crippen molar-refractivity contribution in [3.05, 3.63) is 0 Å². The van der Waals surface area contributed by atoms with Gasteiger partial charge in [-0.3, -0.25) is 9.69 Å². The lowest BCUT2D eigenvalue weighted by Crippen LogP contribution is -2.52. The van der Waals surface area contributed by atoms with E-state index in [0.717, 1.165) is 26.2 Å². The third-order valence-electron chi connectivity index (χ3n) is 3.06. The Morgan fingerprint density at radius 1 is 1.12 bits per heavy atom. The van der Waals surface area contributed by atoms with E-state index in [1.54, 1.807) is 0 Å². The van der Waals surface area contributed by atoms with Crippen molar-refractivity contribution in [3.8, 4) is 0 Å². The molecule has 0 unspecified atom stereocenters. The van der Waals surface area contributed by atoms with Crippen LogP contribution < -0.4 is 5.32 Å². The van der Waals surface area contributed by atoms with Gasteiger partial charge in [0.25, 0.3) is 0 Å². The predicted molar refractivity (Wildman–Crippen MR) is 66.4 cm³/mol. The Hall–Kier alpha value is -0.610. The van der Waals surface area contributed by atoms with Crippen LogP contribution in [0.3, 0.4) is 0 Å². The van der Waals surface area contributed by atoms with Crippen molar-refractivity contribution in [1.29, 1.82) is 0 Å². The predicted octanol–water partition coefficient (Wildman–Crippen LogP) is 0.537. The first-order chi connectivity index (χ1) is 7.50. The van der Waals surface area contributed by atoms with Gasteiger partial charge in [0.2, 0.25) is 5.91 Å². The van der Waals surface area contributed by atoms with E-state index in [2.05, 4.69) is 37.9 Å². The number of carbonyl (C=O) groups excluding carboxylic acids is 1. The molecule has 1 aliphatic rings. The lowest BCUT2D eigenvalue weighted by Gasteiger charge is -2.37. The summed E-state index contributed by atoms with van der Waals surface area (Å²) in [4.78, 5) is 16.2. The van der Waals surface area contributed by atoms with Crippen LogP contribution >= 0.6 is 0 Å². The summed E-state index contributed by atoms with van der Waals surface area (Å²) in [5, 5.41) is 3.17. The molecule has 0 bridgehead atoms. The Morgan fingerprint density at radius 2 is 1.69 bits per heavy atom. The molecule has 1 N–H and O–H groups in total. The van der Waals surface area contributed by atoms with Crippen LogP contribution in [0.1, 0.15) is 27.7 Å². The highest BCUT2D eigenvalue weighted by molar-refractivity contribution is 5.78. The van der Waals surface area contributed by atoms with Crippen molar-refractivity contribution in [1.82, 2.24) is 15.1 Å². The van der Waals surface area contributed by atoms with E-state index in [4.69, 9.17) is 0 Å². The monoisotopic (exact) mass is 227 g/mol. The van der Waals surface area contributed by atoms with Crippen molar-refractivity contribution in [2.75, 3.05) is 32.7 Å². The molecule has 1 saturated heterocycles. The van der Waals surface area contributed by atoms with Crippen LogP contribution in [0.15, 0.2) is 0 Å². The van der Waals surface area contributed by atoms with Gasteiger partial charge in [-0.25, -0.2) is 0 Å². The number of amides is 1. The third-order valence-corrected chi connectivity index (χ3v) is 3.06. The van der Waals surface area contributed by atoms with Crippen molar-refractivity contribution in [3.63, 3.8) is 0 Å². The summed E-state index contributed by atoms with van der Waals surface area (Å²) in [5.74, 6) is 0.233.